The van der Waals surface area contributed by atoms with Crippen molar-refractivity contribution in [3.63, 3.8) is 0 Å². The SMILES string of the molecule is CN(CCO[N+](C)(C)Cc1ccc(Cl)cc1)Cc1ccccc1. The third kappa shape index (κ3) is 6.71. The topological polar surface area (TPSA) is 12.5 Å². The van der Waals surface area contributed by atoms with E-state index in [-0.39, 0.29) is 0 Å². The van der Waals surface area contributed by atoms with Gasteiger partial charge in [-0.15, -0.1) is 0 Å². The third-order valence-electron chi connectivity index (χ3n) is 3.69. The van der Waals surface area contributed by atoms with E-state index in [1.54, 1.807) is 0 Å². The van der Waals surface area contributed by atoms with Crippen LogP contribution in [0.5, 0.6) is 0 Å². The molecule has 0 amide bonds. The van der Waals surface area contributed by atoms with Crippen molar-refractivity contribution in [3.05, 3.63) is 70.7 Å². The molecule has 0 aliphatic carbocycles. The lowest BCUT2D eigenvalue weighted by Crippen LogP contribution is -2.40. The summed E-state index contributed by atoms with van der Waals surface area (Å²) in [5.74, 6) is 0. The van der Waals surface area contributed by atoms with Crippen molar-refractivity contribution in [1.82, 2.24) is 4.90 Å². The second kappa shape index (κ2) is 8.46. The Bertz CT molecular complexity index is 584. The van der Waals surface area contributed by atoms with Gasteiger partial charge in [-0.05, 0) is 24.7 Å². The number of hydrogen-bond donors (Lipinski definition) is 0. The number of rotatable bonds is 8. The molecule has 3 nitrogen and oxygen atoms in total. The zero-order chi connectivity index (χ0) is 16.7. The monoisotopic (exact) mass is 333 g/mol. The molecule has 2 aromatic rings. The molecule has 2 aromatic carbocycles. The van der Waals surface area contributed by atoms with E-state index in [0.717, 1.165) is 24.7 Å². The molecule has 0 aliphatic heterocycles. The maximum Gasteiger partial charge on any atom is 0.134 e. The summed E-state index contributed by atoms with van der Waals surface area (Å²) in [6.45, 7) is 3.36. The molecule has 0 fully saturated rings. The fourth-order valence-corrected chi connectivity index (χ4v) is 2.62. The summed E-state index contributed by atoms with van der Waals surface area (Å²) < 4.78 is 0.501. The molecule has 0 unspecified atom stereocenters. The summed E-state index contributed by atoms with van der Waals surface area (Å²) in [5.41, 5.74) is 2.54. The summed E-state index contributed by atoms with van der Waals surface area (Å²) in [7, 11) is 6.27. The maximum absolute atomic E-state index is 6.03. The Balaban J connectivity index is 1.74. The molecule has 0 N–H and O–H groups in total. The van der Waals surface area contributed by atoms with Crippen molar-refractivity contribution in [2.24, 2.45) is 0 Å². The molecule has 0 heterocycles. The van der Waals surface area contributed by atoms with Crippen molar-refractivity contribution < 1.29 is 9.48 Å². The maximum atomic E-state index is 6.03. The fourth-order valence-electron chi connectivity index (χ4n) is 2.49. The molecular weight excluding hydrogens is 308 g/mol. The van der Waals surface area contributed by atoms with Gasteiger partial charge in [0.05, 0.1) is 14.1 Å². The van der Waals surface area contributed by atoms with E-state index < -0.39 is 0 Å². The molecule has 4 heteroatoms. The highest BCUT2D eigenvalue weighted by Crippen LogP contribution is 2.14. The normalized spacial score (nSPS) is 11.9. The van der Waals surface area contributed by atoms with E-state index in [4.69, 9.17) is 16.4 Å². The van der Waals surface area contributed by atoms with Crippen LogP contribution in [0.2, 0.25) is 5.02 Å². The van der Waals surface area contributed by atoms with E-state index in [9.17, 15) is 0 Å². The predicted octanol–water partition coefficient (Wildman–Crippen LogP) is 3.98. The first-order chi connectivity index (χ1) is 10.9. The average molecular weight is 334 g/mol. The minimum Gasteiger partial charge on any atom is -0.300 e. The lowest BCUT2D eigenvalue weighted by atomic mass is 10.2. The van der Waals surface area contributed by atoms with Crippen LogP contribution in [-0.4, -0.2) is 43.8 Å². The highest BCUT2D eigenvalue weighted by molar-refractivity contribution is 6.30. The molecule has 0 saturated heterocycles. The Morgan fingerprint density at radius 1 is 0.957 bits per heavy atom. The summed E-state index contributed by atoms with van der Waals surface area (Å²) in [6.07, 6.45) is 0. The molecule has 0 spiro atoms. The fraction of sp³-hybridized carbons (Fsp3) is 0.368. The van der Waals surface area contributed by atoms with Gasteiger partial charge in [0.15, 0.2) is 0 Å². The number of hydrogen-bond acceptors (Lipinski definition) is 2. The van der Waals surface area contributed by atoms with Crippen molar-refractivity contribution in [2.75, 3.05) is 34.3 Å². The number of likely N-dealkylation sites (N-methyl/N-ethyl adjacent to an activating group) is 1. The van der Waals surface area contributed by atoms with Crippen LogP contribution < -0.4 is 0 Å². The van der Waals surface area contributed by atoms with Gasteiger partial charge in [0.2, 0.25) is 0 Å². The Morgan fingerprint density at radius 3 is 2.26 bits per heavy atom. The van der Waals surface area contributed by atoms with E-state index in [1.807, 2.05) is 30.3 Å². The minimum absolute atomic E-state index is 0.501. The molecule has 124 valence electrons. The average Bonchev–Trinajstić information content (AvgIpc) is 2.50. The molecule has 0 aliphatic rings. The first kappa shape index (κ1) is 18.0. The van der Waals surface area contributed by atoms with Gasteiger partial charge in [-0.1, -0.05) is 54.1 Å². The first-order valence-corrected chi connectivity index (χ1v) is 8.27. The molecule has 0 radical (unpaired) electrons. The largest absolute Gasteiger partial charge is 0.300 e. The zero-order valence-corrected chi connectivity index (χ0v) is 15.0. The molecule has 0 bridgehead atoms. The lowest BCUT2D eigenvalue weighted by molar-refractivity contribution is -1.09. The van der Waals surface area contributed by atoms with Crippen LogP contribution in [0.4, 0.5) is 0 Å². The summed E-state index contributed by atoms with van der Waals surface area (Å²) in [6, 6.07) is 18.4. The number of quaternary nitrogens is 1. The number of nitrogens with zero attached hydrogens (tertiary/aromatic N) is 2. The molecule has 23 heavy (non-hydrogen) atoms. The van der Waals surface area contributed by atoms with Crippen LogP contribution in [0.25, 0.3) is 0 Å². The number of hydroxylamine groups is 3. The van der Waals surface area contributed by atoms with Gasteiger partial charge < -0.3 is 0 Å². The molecule has 0 atom stereocenters. The van der Waals surface area contributed by atoms with Gasteiger partial charge in [0, 0.05) is 23.7 Å². The van der Waals surface area contributed by atoms with Gasteiger partial charge in [-0.2, -0.15) is 4.65 Å². The van der Waals surface area contributed by atoms with Gasteiger partial charge in [0.1, 0.15) is 13.2 Å². The third-order valence-corrected chi connectivity index (χ3v) is 3.94. The summed E-state index contributed by atoms with van der Waals surface area (Å²) in [4.78, 5) is 8.31. The first-order valence-electron chi connectivity index (χ1n) is 7.89. The molecule has 0 aromatic heterocycles. The van der Waals surface area contributed by atoms with Gasteiger partial charge in [-0.25, -0.2) is 4.84 Å². The van der Waals surface area contributed by atoms with E-state index in [2.05, 4.69) is 50.3 Å². The Kier molecular flexibility index (Phi) is 6.60. The Morgan fingerprint density at radius 2 is 1.61 bits per heavy atom. The van der Waals surface area contributed by atoms with Crippen LogP contribution in [0.15, 0.2) is 54.6 Å². The Hall–Kier alpha value is -1.39. The van der Waals surface area contributed by atoms with Crippen molar-refractivity contribution in [2.45, 2.75) is 13.1 Å². The number of benzene rings is 2. The second-order valence-electron chi connectivity index (χ2n) is 6.42. The molecule has 2 rings (SSSR count). The summed E-state index contributed by atoms with van der Waals surface area (Å²) in [5, 5.41) is 0.766. The predicted molar refractivity (Wildman–Crippen MR) is 96.0 cm³/mol. The smallest absolute Gasteiger partial charge is 0.134 e. The van der Waals surface area contributed by atoms with Crippen LogP contribution >= 0.6 is 11.6 Å². The van der Waals surface area contributed by atoms with Gasteiger partial charge in [0.25, 0.3) is 0 Å². The van der Waals surface area contributed by atoms with Crippen LogP contribution in [0, 0.1) is 0 Å². The van der Waals surface area contributed by atoms with Gasteiger partial charge in [-0.3, -0.25) is 4.90 Å². The van der Waals surface area contributed by atoms with Crippen LogP contribution in [0.1, 0.15) is 11.1 Å². The Labute approximate surface area is 144 Å². The van der Waals surface area contributed by atoms with Crippen LogP contribution in [0.3, 0.4) is 0 Å². The highest BCUT2D eigenvalue weighted by Gasteiger charge is 2.18. The van der Waals surface area contributed by atoms with Gasteiger partial charge >= 0.3 is 0 Å². The van der Waals surface area contributed by atoms with Crippen molar-refractivity contribution >= 4 is 11.6 Å². The standard InChI is InChI=1S/C19H26ClN2O/c1-21(15-17-7-5-4-6-8-17)13-14-23-22(2,3)16-18-9-11-19(20)12-10-18/h4-12H,13-16H2,1-3H3/q+1. The van der Waals surface area contributed by atoms with E-state index in [0.29, 0.717) is 11.3 Å². The summed E-state index contributed by atoms with van der Waals surface area (Å²) >= 11 is 5.93. The zero-order valence-electron chi connectivity index (χ0n) is 14.2. The van der Waals surface area contributed by atoms with Crippen molar-refractivity contribution in [1.29, 1.82) is 0 Å². The highest BCUT2D eigenvalue weighted by atomic mass is 35.5. The van der Waals surface area contributed by atoms with Crippen LogP contribution in [-0.2, 0) is 17.9 Å². The molecular formula is C19H26ClN2O+. The van der Waals surface area contributed by atoms with E-state index in [1.165, 1.54) is 11.1 Å². The van der Waals surface area contributed by atoms with Crippen molar-refractivity contribution in [3.8, 4) is 0 Å². The minimum atomic E-state index is 0.501. The molecule has 0 saturated carbocycles. The quantitative estimate of drug-likeness (QED) is 0.535. The lowest BCUT2D eigenvalue weighted by Gasteiger charge is -2.28. The number of halogens is 1. The second-order valence-corrected chi connectivity index (χ2v) is 6.85. The van der Waals surface area contributed by atoms with E-state index >= 15 is 0 Å².